The van der Waals surface area contributed by atoms with Gasteiger partial charge in [0.2, 0.25) is 0 Å². The Kier molecular flexibility index (Phi) is 4.14. The highest BCUT2D eigenvalue weighted by Gasteiger charge is 2.17. The van der Waals surface area contributed by atoms with Crippen molar-refractivity contribution < 1.29 is 9.15 Å². The molecule has 0 aliphatic heterocycles. The number of nitrogens with one attached hydrogen (secondary N) is 1. The summed E-state index contributed by atoms with van der Waals surface area (Å²) in [5.74, 6) is 2.08. The van der Waals surface area contributed by atoms with Crippen LogP contribution >= 0.6 is 0 Å². The van der Waals surface area contributed by atoms with Crippen molar-refractivity contribution >= 4 is 11.6 Å². The second-order valence-corrected chi connectivity index (χ2v) is 5.53. The fraction of sp³-hybridized carbons (Fsp3) is 0.167. The zero-order valence-electron chi connectivity index (χ0n) is 13.7. The highest BCUT2D eigenvalue weighted by Crippen LogP contribution is 2.25. The SMILES string of the molecule is COCC(Nc1cc(-c2ccccc2)nc2ncnn12)c1ccco1. The Morgan fingerprint density at radius 1 is 1.20 bits per heavy atom. The third-order valence-electron chi connectivity index (χ3n) is 3.86. The largest absolute Gasteiger partial charge is 0.467 e. The maximum absolute atomic E-state index is 5.53. The molecule has 25 heavy (non-hydrogen) atoms. The van der Waals surface area contributed by atoms with Gasteiger partial charge in [0.15, 0.2) is 0 Å². The summed E-state index contributed by atoms with van der Waals surface area (Å²) in [6.45, 7) is 0.451. The summed E-state index contributed by atoms with van der Waals surface area (Å²) in [6.07, 6.45) is 3.13. The van der Waals surface area contributed by atoms with Crippen molar-refractivity contribution in [2.75, 3.05) is 19.0 Å². The third kappa shape index (κ3) is 3.09. The monoisotopic (exact) mass is 335 g/mol. The van der Waals surface area contributed by atoms with Crippen LogP contribution in [0.15, 0.2) is 65.5 Å². The molecule has 7 heteroatoms. The number of benzene rings is 1. The van der Waals surface area contributed by atoms with Gasteiger partial charge in [0.05, 0.1) is 18.6 Å². The molecule has 7 nitrogen and oxygen atoms in total. The summed E-state index contributed by atoms with van der Waals surface area (Å²) in [7, 11) is 1.66. The second-order valence-electron chi connectivity index (χ2n) is 5.53. The number of furan rings is 1. The Bertz CT molecular complexity index is 950. The summed E-state index contributed by atoms with van der Waals surface area (Å²) < 4.78 is 12.5. The van der Waals surface area contributed by atoms with Gasteiger partial charge >= 0.3 is 0 Å². The summed E-state index contributed by atoms with van der Waals surface area (Å²) in [4.78, 5) is 8.80. The summed E-state index contributed by atoms with van der Waals surface area (Å²) in [5.41, 5.74) is 1.83. The van der Waals surface area contributed by atoms with Gasteiger partial charge in [-0.2, -0.15) is 14.6 Å². The molecule has 0 spiro atoms. The average molecular weight is 335 g/mol. The Hall–Kier alpha value is -3.19. The zero-order valence-corrected chi connectivity index (χ0v) is 13.7. The number of methoxy groups -OCH3 is 1. The average Bonchev–Trinajstić information content (AvgIpc) is 3.33. The maximum Gasteiger partial charge on any atom is 0.254 e. The van der Waals surface area contributed by atoms with Crippen LogP contribution in [0.5, 0.6) is 0 Å². The Morgan fingerprint density at radius 3 is 2.84 bits per heavy atom. The molecule has 1 aromatic carbocycles. The van der Waals surface area contributed by atoms with Gasteiger partial charge in [-0.3, -0.25) is 0 Å². The summed E-state index contributed by atoms with van der Waals surface area (Å²) in [6, 6.07) is 15.5. The third-order valence-corrected chi connectivity index (χ3v) is 3.86. The lowest BCUT2D eigenvalue weighted by Gasteiger charge is -2.18. The van der Waals surface area contributed by atoms with E-state index in [2.05, 4.69) is 20.4 Å². The molecule has 0 radical (unpaired) electrons. The minimum Gasteiger partial charge on any atom is -0.467 e. The number of rotatable bonds is 6. The normalized spacial score (nSPS) is 12.4. The molecular formula is C18H17N5O2. The Balaban J connectivity index is 1.76. The van der Waals surface area contributed by atoms with Gasteiger partial charge in [-0.1, -0.05) is 30.3 Å². The minimum absolute atomic E-state index is 0.154. The van der Waals surface area contributed by atoms with E-state index in [4.69, 9.17) is 9.15 Å². The van der Waals surface area contributed by atoms with Gasteiger partial charge in [-0.05, 0) is 12.1 Å². The fourth-order valence-electron chi connectivity index (χ4n) is 2.70. The first-order valence-electron chi connectivity index (χ1n) is 7.90. The Morgan fingerprint density at radius 2 is 2.08 bits per heavy atom. The molecule has 3 heterocycles. The van der Waals surface area contributed by atoms with Gasteiger partial charge in [-0.15, -0.1) is 0 Å². The van der Waals surface area contributed by atoms with Crippen molar-refractivity contribution in [3.63, 3.8) is 0 Å². The molecule has 3 aromatic heterocycles. The first kappa shape index (κ1) is 15.3. The highest BCUT2D eigenvalue weighted by molar-refractivity contribution is 5.65. The van der Waals surface area contributed by atoms with Crippen LogP contribution in [0.1, 0.15) is 11.8 Å². The molecule has 0 amide bonds. The molecule has 0 aliphatic rings. The van der Waals surface area contributed by atoms with Gasteiger partial charge in [0.1, 0.15) is 23.9 Å². The van der Waals surface area contributed by atoms with Gasteiger partial charge in [0.25, 0.3) is 5.78 Å². The molecule has 0 fully saturated rings. The minimum atomic E-state index is -0.154. The molecule has 0 aliphatic carbocycles. The van der Waals surface area contributed by atoms with Crippen LogP contribution in [0.25, 0.3) is 17.0 Å². The van der Waals surface area contributed by atoms with Gasteiger partial charge in [-0.25, -0.2) is 4.98 Å². The maximum atomic E-state index is 5.53. The molecule has 1 unspecified atom stereocenters. The van der Waals surface area contributed by atoms with E-state index in [0.717, 1.165) is 22.8 Å². The molecule has 126 valence electrons. The quantitative estimate of drug-likeness (QED) is 0.583. The lowest BCUT2D eigenvalue weighted by Crippen LogP contribution is -2.18. The van der Waals surface area contributed by atoms with E-state index < -0.39 is 0 Å². The van der Waals surface area contributed by atoms with Crippen LogP contribution < -0.4 is 5.32 Å². The summed E-state index contributed by atoms with van der Waals surface area (Å²) >= 11 is 0. The fourth-order valence-corrected chi connectivity index (χ4v) is 2.70. The van der Waals surface area contributed by atoms with E-state index in [9.17, 15) is 0 Å². The van der Waals surface area contributed by atoms with Crippen LogP contribution in [-0.4, -0.2) is 33.3 Å². The molecule has 4 rings (SSSR count). The van der Waals surface area contributed by atoms with E-state index in [0.29, 0.717) is 12.4 Å². The van der Waals surface area contributed by atoms with E-state index in [1.807, 2.05) is 48.5 Å². The lowest BCUT2D eigenvalue weighted by atomic mass is 10.1. The second kappa shape index (κ2) is 6.74. The van der Waals surface area contributed by atoms with Crippen molar-refractivity contribution in [2.45, 2.75) is 6.04 Å². The molecule has 0 saturated carbocycles. The molecule has 1 N–H and O–H groups in total. The predicted molar refractivity (Wildman–Crippen MR) is 93.2 cm³/mol. The summed E-state index contributed by atoms with van der Waals surface area (Å²) in [5, 5.41) is 7.68. The zero-order chi connectivity index (χ0) is 17.1. The highest BCUT2D eigenvalue weighted by atomic mass is 16.5. The van der Waals surface area contributed by atoms with E-state index >= 15 is 0 Å². The number of hydrogen-bond donors (Lipinski definition) is 1. The van der Waals surface area contributed by atoms with Crippen LogP contribution in [0.4, 0.5) is 5.82 Å². The van der Waals surface area contributed by atoms with E-state index in [1.54, 1.807) is 17.9 Å². The van der Waals surface area contributed by atoms with Crippen LogP contribution in [0.3, 0.4) is 0 Å². The number of fused-ring (bicyclic) bond motifs is 1. The molecule has 4 aromatic rings. The van der Waals surface area contributed by atoms with Crippen molar-refractivity contribution in [2.24, 2.45) is 0 Å². The number of ether oxygens (including phenoxy) is 1. The van der Waals surface area contributed by atoms with E-state index in [-0.39, 0.29) is 6.04 Å². The van der Waals surface area contributed by atoms with Crippen molar-refractivity contribution in [3.05, 3.63) is 66.9 Å². The van der Waals surface area contributed by atoms with Gasteiger partial charge in [0, 0.05) is 18.7 Å². The molecule has 1 atom stereocenters. The first-order chi connectivity index (χ1) is 12.3. The predicted octanol–water partition coefficient (Wildman–Crippen LogP) is 3.18. The standard InChI is InChI=1S/C18H17N5O2/c1-24-11-15(16-8-5-9-25-16)21-17-10-14(13-6-3-2-4-7-13)22-18-19-12-20-23(17)18/h2-10,12,15,21H,11H2,1H3. The molecule has 0 saturated heterocycles. The topological polar surface area (TPSA) is 77.5 Å². The van der Waals surface area contributed by atoms with Crippen molar-refractivity contribution in [3.8, 4) is 11.3 Å². The Labute approximate surface area is 144 Å². The first-order valence-corrected chi connectivity index (χ1v) is 7.90. The van der Waals surface area contributed by atoms with E-state index in [1.165, 1.54) is 6.33 Å². The van der Waals surface area contributed by atoms with Gasteiger partial charge < -0.3 is 14.5 Å². The number of nitrogens with zero attached hydrogens (tertiary/aromatic N) is 4. The lowest BCUT2D eigenvalue weighted by molar-refractivity contribution is 0.178. The van der Waals surface area contributed by atoms with Crippen LogP contribution in [0, 0.1) is 0 Å². The number of aromatic nitrogens is 4. The smallest absolute Gasteiger partial charge is 0.254 e. The van der Waals surface area contributed by atoms with Crippen molar-refractivity contribution in [1.29, 1.82) is 0 Å². The van der Waals surface area contributed by atoms with Crippen molar-refractivity contribution in [1.82, 2.24) is 19.6 Å². The molecule has 0 bridgehead atoms. The van der Waals surface area contributed by atoms with Crippen LogP contribution in [-0.2, 0) is 4.74 Å². The molecular weight excluding hydrogens is 318 g/mol. The number of anilines is 1. The number of hydrogen-bond acceptors (Lipinski definition) is 6. The van der Waals surface area contributed by atoms with Crippen LogP contribution in [0.2, 0.25) is 0 Å².